The van der Waals surface area contributed by atoms with Crippen LogP contribution in [-0.4, -0.2) is 68.4 Å². The molecule has 2 amide bonds. The van der Waals surface area contributed by atoms with Gasteiger partial charge in [-0.2, -0.15) is 10.2 Å². The number of hydrogen-bond acceptors (Lipinski definition) is 8. The highest BCUT2D eigenvalue weighted by molar-refractivity contribution is 7.17. The summed E-state index contributed by atoms with van der Waals surface area (Å²) in [6.45, 7) is 0.205. The molecule has 2 aromatic heterocycles. The van der Waals surface area contributed by atoms with E-state index in [2.05, 4.69) is 15.2 Å². The van der Waals surface area contributed by atoms with E-state index in [0.29, 0.717) is 16.1 Å². The van der Waals surface area contributed by atoms with Crippen LogP contribution in [0.5, 0.6) is 0 Å². The molecule has 11 heteroatoms. The van der Waals surface area contributed by atoms with Gasteiger partial charge >= 0.3 is 0 Å². The molecule has 5 rings (SSSR count). The van der Waals surface area contributed by atoms with Gasteiger partial charge in [-0.25, -0.2) is 4.98 Å². The number of halogens is 1. The minimum atomic E-state index is -0.675. The SMILES string of the molecule is NC(=O)c1nc([C@@H](C(=O)N2C[C@H](Cl)[C@H]3OCC(=O)[C@H]32)C2CCCCC2)c(-c2ccnnc2)s1. The number of amides is 2. The maximum absolute atomic E-state index is 14.1. The summed E-state index contributed by atoms with van der Waals surface area (Å²) in [6.07, 6.45) is 7.52. The van der Waals surface area contributed by atoms with E-state index >= 15 is 0 Å². The first-order valence-electron chi connectivity index (χ1n) is 11.1. The number of nitrogens with zero attached hydrogens (tertiary/aromatic N) is 4. The van der Waals surface area contributed by atoms with Crippen molar-refractivity contribution in [2.24, 2.45) is 11.7 Å². The van der Waals surface area contributed by atoms with Crippen LogP contribution in [-0.2, 0) is 14.3 Å². The van der Waals surface area contributed by atoms with Gasteiger partial charge in [0.05, 0.1) is 34.3 Å². The molecule has 2 N–H and O–H groups in total. The van der Waals surface area contributed by atoms with Crippen LogP contribution in [0.3, 0.4) is 0 Å². The minimum absolute atomic E-state index is 0.0348. The smallest absolute Gasteiger partial charge is 0.277 e. The van der Waals surface area contributed by atoms with Crippen molar-refractivity contribution < 1.29 is 19.1 Å². The number of fused-ring (bicyclic) bond motifs is 1. The number of Topliss-reactive ketones (excluding diaryl/α,β-unsaturated/α-hetero) is 1. The van der Waals surface area contributed by atoms with Crippen molar-refractivity contribution >= 4 is 40.5 Å². The van der Waals surface area contributed by atoms with Crippen molar-refractivity contribution in [2.75, 3.05) is 13.2 Å². The van der Waals surface area contributed by atoms with Crippen molar-refractivity contribution in [3.05, 3.63) is 29.2 Å². The maximum atomic E-state index is 14.1. The molecule has 2 saturated heterocycles. The van der Waals surface area contributed by atoms with E-state index in [1.54, 1.807) is 23.4 Å². The van der Waals surface area contributed by atoms with Crippen LogP contribution >= 0.6 is 22.9 Å². The molecule has 4 heterocycles. The average Bonchev–Trinajstić information content (AvgIpc) is 3.52. The van der Waals surface area contributed by atoms with E-state index in [0.717, 1.165) is 43.4 Å². The van der Waals surface area contributed by atoms with Crippen molar-refractivity contribution in [3.8, 4) is 10.4 Å². The van der Waals surface area contributed by atoms with Crippen molar-refractivity contribution in [2.45, 2.75) is 55.5 Å². The predicted octanol–water partition coefficient (Wildman–Crippen LogP) is 2.15. The number of carbonyl (C=O) groups excluding carboxylic acids is 3. The standard InChI is InChI=1S/C22H24ClN5O4S/c23-13-9-28(17-14(29)10-32-18(13)17)22(31)15(11-4-2-1-3-5-11)16-19(12-6-7-25-26-8-12)33-21(27-16)20(24)30/h6-8,11,13,15,17-18H,1-5,9-10H2,(H2,24,30)/t13-,15-,17+,18+/m0/s1. The molecule has 1 saturated carbocycles. The minimum Gasteiger partial charge on any atom is -0.366 e. The summed E-state index contributed by atoms with van der Waals surface area (Å²) in [4.78, 5) is 45.5. The van der Waals surface area contributed by atoms with Gasteiger partial charge in [0.15, 0.2) is 10.8 Å². The average molecular weight is 490 g/mol. The van der Waals surface area contributed by atoms with Crippen molar-refractivity contribution in [1.82, 2.24) is 20.1 Å². The van der Waals surface area contributed by atoms with Crippen LogP contribution in [0, 0.1) is 5.92 Å². The Balaban J connectivity index is 1.60. The molecule has 1 aliphatic carbocycles. The Bertz CT molecular complexity index is 1070. The fourth-order valence-electron chi connectivity index (χ4n) is 5.29. The highest BCUT2D eigenvalue weighted by Gasteiger charge is 2.53. The number of rotatable bonds is 5. The molecule has 0 bridgehead atoms. The lowest BCUT2D eigenvalue weighted by molar-refractivity contribution is -0.139. The van der Waals surface area contributed by atoms with Crippen molar-refractivity contribution in [1.29, 1.82) is 0 Å². The summed E-state index contributed by atoms with van der Waals surface area (Å²) in [5.74, 6) is -1.55. The number of primary amides is 1. The maximum Gasteiger partial charge on any atom is 0.277 e. The zero-order valence-corrected chi connectivity index (χ0v) is 19.4. The Labute approximate surface area is 199 Å². The van der Waals surface area contributed by atoms with E-state index in [1.165, 1.54) is 0 Å². The van der Waals surface area contributed by atoms with Gasteiger partial charge in [0.25, 0.3) is 5.91 Å². The molecule has 33 heavy (non-hydrogen) atoms. The van der Waals surface area contributed by atoms with Crippen LogP contribution in [0.1, 0.15) is 53.5 Å². The molecule has 0 spiro atoms. The molecule has 0 radical (unpaired) electrons. The fraction of sp³-hybridized carbons (Fsp3) is 0.545. The number of thiazole rings is 1. The molecule has 9 nitrogen and oxygen atoms in total. The number of aromatic nitrogens is 3. The third-order valence-corrected chi connectivity index (χ3v) is 8.32. The van der Waals surface area contributed by atoms with Gasteiger partial charge in [0.2, 0.25) is 5.91 Å². The molecule has 3 fully saturated rings. The number of alkyl halides is 1. The summed E-state index contributed by atoms with van der Waals surface area (Å²) in [5, 5.41) is 7.47. The van der Waals surface area contributed by atoms with E-state index < -0.39 is 29.3 Å². The summed E-state index contributed by atoms with van der Waals surface area (Å²) in [5.41, 5.74) is 6.79. The Kier molecular flexibility index (Phi) is 6.15. The molecule has 174 valence electrons. The van der Waals surface area contributed by atoms with Crippen LogP contribution in [0.25, 0.3) is 10.4 Å². The lowest BCUT2D eigenvalue weighted by atomic mass is 9.77. The summed E-state index contributed by atoms with van der Waals surface area (Å²) in [6, 6.07) is 1.10. The summed E-state index contributed by atoms with van der Waals surface area (Å²) in [7, 11) is 0. The number of carbonyl (C=O) groups is 3. The first-order valence-corrected chi connectivity index (χ1v) is 12.4. The zero-order chi connectivity index (χ0) is 23.1. The number of nitrogens with two attached hydrogens (primary N) is 1. The number of ketones is 1. The molecule has 4 atom stereocenters. The number of hydrogen-bond donors (Lipinski definition) is 1. The van der Waals surface area contributed by atoms with Gasteiger partial charge in [0, 0.05) is 12.1 Å². The second-order valence-electron chi connectivity index (χ2n) is 8.80. The van der Waals surface area contributed by atoms with Crippen LogP contribution in [0.4, 0.5) is 0 Å². The zero-order valence-electron chi connectivity index (χ0n) is 17.9. The summed E-state index contributed by atoms with van der Waals surface area (Å²) >= 11 is 7.62. The lowest BCUT2D eigenvalue weighted by Gasteiger charge is -2.33. The molecule has 2 aliphatic heterocycles. The first kappa shape index (κ1) is 22.4. The Hall–Kier alpha value is -2.43. The van der Waals surface area contributed by atoms with Crippen LogP contribution < -0.4 is 5.73 Å². The molecule has 3 aliphatic rings. The Morgan fingerprint density at radius 1 is 1.24 bits per heavy atom. The quantitative estimate of drug-likeness (QED) is 0.637. The van der Waals surface area contributed by atoms with E-state index in [4.69, 9.17) is 22.1 Å². The van der Waals surface area contributed by atoms with E-state index in [9.17, 15) is 14.4 Å². The van der Waals surface area contributed by atoms with Gasteiger partial charge in [0.1, 0.15) is 18.8 Å². The Morgan fingerprint density at radius 2 is 2.03 bits per heavy atom. The third kappa shape index (κ3) is 4.04. The highest BCUT2D eigenvalue weighted by atomic mass is 35.5. The molecular formula is C22H24ClN5O4S. The second kappa shape index (κ2) is 9.08. The molecule has 0 unspecified atom stereocenters. The van der Waals surface area contributed by atoms with Gasteiger partial charge in [-0.1, -0.05) is 19.3 Å². The molecule has 2 aromatic rings. The van der Waals surface area contributed by atoms with Crippen LogP contribution in [0.15, 0.2) is 18.5 Å². The second-order valence-corrected chi connectivity index (χ2v) is 10.4. The number of likely N-dealkylation sites (tertiary alicyclic amines) is 1. The third-order valence-electron chi connectivity index (χ3n) is 6.80. The van der Waals surface area contributed by atoms with Gasteiger partial charge in [-0.05, 0) is 24.8 Å². The number of ether oxygens (including phenoxy) is 1. The Morgan fingerprint density at radius 3 is 2.73 bits per heavy atom. The monoisotopic (exact) mass is 489 g/mol. The van der Waals surface area contributed by atoms with E-state index in [-0.39, 0.29) is 35.8 Å². The normalized spacial score (nSPS) is 26.4. The highest BCUT2D eigenvalue weighted by Crippen LogP contribution is 2.44. The van der Waals surface area contributed by atoms with Gasteiger partial charge < -0.3 is 15.4 Å². The van der Waals surface area contributed by atoms with Gasteiger partial charge in [-0.3, -0.25) is 14.4 Å². The first-order chi connectivity index (χ1) is 16.0. The lowest BCUT2D eigenvalue weighted by Crippen LogP contribution is -2.45. The predicted molar refractivity (Wildman–Crippen MR) is 121 cm³/mol. The largest absolute Gasteiger partial charge is 0.366 e. The van der Waals surface area contributed by atoms with Gasteiger partial charge in [-0.15, -0.1) is 22.9 Å². The van der Waals surface area contributed by atoms with E-state index in [1.807, 2.05) is 0 Å². The van der Waals surface area contributed by atoms with Crippen LogP contribution in [0.2, 0.25) is 0 Å². The fourth-order valence-corrected chi connectivity index (χ4v) is 6.60. The van der Waals surface area contributed by atoms with Crippen molar-refractivity contribution in [3.63, 3.8) is 0 Å². The molecule has 0 aromatic carbocycles. The molecular weight excluding hydrogens is 466 g/mol. The summed E-state index contributed by atoms with van der Waals surface area (Å²) < 4.78 is 5.58. The topological polar surface area (TPSA) is 128 Å².